The Balaban J connectivity index is 1.71. The van der Waals surface area contributed by atoms with Crippen LogP contribution in [0.4, 0.5) is 4.39 Å². The highest BCUT2D eigenvalue weighted by Crippen LogP contribution is 2.28. The van der Waals surface area contributed by atoms with E-state index in [-0.39, 0.29) is 18.3 Å². The summed E-state index contributed by atoms with van der Waals surface area (Å²) in [7, 11) is 0. The number of carbonyl (C=O) groups is 2. The van der Waals surface area contributed by atoms with Gasteiger partial charge in [-0.25, -0.2) is 9.18 Å². The van der Waals surface area contributed by atoms with E-state index in [0.717, 1.165) is 12.8 Å². The number of hydrogen-bond donors (Lipinski definition) is 0. The summed E-state index contributed by atoms with van der Waals surface area (Å²) in [6, 6.07) is 5.76. The molecule has 0 bridgehead atoms. The molecule has 0 saturated carbocycles. The molecule has 1 aromatic carbocycles. The molecule has 8 heteroatoms. The topological polar surface area (TPSA) is 85.5 Å². The lowest BCUT2D eigenvalue weighted by Crippen LogP contribution is -2.43. The number of likely N-dealkylation sites (tertiary alicyclic amines) is 1. The van der Waals surface area contributed by atoms with Crippen LogP contribution in [0.15, 0.2) is 28.7 Å². The van der Waals surface area contributed by atoms with Gasteiger partial charge in [0.2, 0.25) is 11.8 Å². The number of esters is 1. The van der Waals surface area contributed by atoms with Gasteiger partial charge in [-0.2, -0.15) is 0 Å². The van der Waals surface area contributed by atoms with E-state index >= 15 is 0 Å². The van der Waals surface area contributed by atoms with Crippen molar-refractivity contribution in [2.45, 2.75) is 25.7 Å². The van der Waals surface area contributed by atoms with E-state index in [1.807, 2.05) is 0 Å². The number of aromatic nitrogens is 2. The number of ether oxygens (including phenoxy) is 1. The van der Waals surface area contributed by atoms with Crippen molar-refractivity contribution in [1.29, 1.82) is 0 Å². The van der Waals surface area contributed by atoms with E-state index in [4.69, 9.17) is 9.15 Å². The van der Waals surface area contributed by atoms with Gasteiger partial charge in [-0.3, -0.25) is 4.79 Å². The summed E-state index contributed by atoms with van der Waals surface area (Å²) in [6.07, 6.45) is 1.50. The Labute approximate surface area is 143 Å². The maximum absolute atomic E-state index is 13.0. The van der Waals surface area contributed by atoms with Gasteiger partial charge in [0.05, 0.1) is 12.5 Å². The molecule has 25 heavy (non-hydrogen) atoms. The molecule has 1 atom stereocenters. The van der Waals surface area contributed by atoms with E-state index < -0.39 is 11.9 Å². The lowest BCUT2D eigenvalue weighted by molar-refractivity contribution is -0.160. The lowest BCUT2D eigenvalue weighted by atomic mass is 9.98. The van der Waals surface area contributed by atoms with Crippen LogP contribution in [0, 0.1) is 5.82 Å². The number of carbonyl (C=O) groups excluding carboxylic acids is 2. The predicted molar refractivity (Wildman–Crippen MR) is 84.9 cm³/mol. The van der Waals surface area contributed by atoms with Gasteiger partial charge in [0.15, 0.2) is 0 Å². The summed E-state index contributed by atoms with van der Waals surface area (Å²) in [6.45, 7) is 2.63. The zero-order chi connectivity index (χ0) is 17.8. The molecule has 0 aliphatic carbocycles. The molecule has 1 saturated heterocycles. The smallest absolute Gasteiger partial charge is 0.397 e. The van der Waals surface area contributed by atoms with Gasteiger partial charge in [0.25, 0.3) is 0 Å². The molecule has 1 aromatic heterocycles. The Morgan fingerprint density at radius 3 is 2.80 bits per heavy atom. The van der Waals surface area contributed by atoms with Crippen molar-refractivity contribution in [3.8, 4) is 11.5 Å². The fourth-order valence-electron chi connectivity index (χ4n) is 2.79. The first-order valence-corrected chi connectivity index (χ1v) is 8.14. The number of amides is 1. The van der Waals surface area contributed by atoms with Crippen molar-refractivity contribution in [2.24, 2.45) is 0 Å². The second kappa shape index (κ2) is 7.42. The maximum atomic E-state index is 13.0. The van der Waals surface area contributed by atoms with Crippen LogP contribution in [0.3, 0.4) is 0 Å². The van der Waals surface area contributed by atoms with Gasteiger partial charge >= 0.3 is 11.9 Å². The Kier molecular flexibility index (Phi) is 5.06. The highest BCUT2D eigenvalue weighted by atomic mass is 19.1. The normalized spacial score (nSPS) is 17.4. The molecule has 3 rings (SSSR count). The van der Waals surface area contributed by atoms with Crippen LogP contribution in [0.5, 0.6) is 0 Å². The van der Waals surface area contributed by atoms with Crippen LogP contribution in [-0.4, -0.2) is 46.7 Å². The van der Waals surface area contributed by atoms with E-state index in [0.29, 0.717) is 30.4 Å². The van der Waals surface area contributed by atoms with Crippen LogP contribution in [0.2, 0.25) is 0 Å². The molecule has 0 N–H and O–H groups in total. The summed E-state index contributed by atoms with van der Waals surface area (Å²) >= 11 is 0. The first kappa shape index (κ1) is 17.1. The van der Waals surface area contributed by atoms with Gasteiger partial charge in [0, 0.05) is 18.7 Å². The average molecular weight is 347 g/mol. The third kappa shape index (κ3) is 3.84. The zero-order valence-corrected chi connectivity index (χ0v) is 13.8. The van der Waals surface area contributed by atoms with Crippen LogP contribution >= 0.6 is 0 Å². The van der Waals surface area contributed by atoms with Crippen molar-refractivity contribution in [3.63, 3.8) is 0 Å². The lowest BCUT2D eigenvalue weighted by Gasteiger charge is -2.30. The Bertz CT molecular complexity index is 760. The first-order chi connectivity index (χ1) is 12.1. The minimum atomic E-state index is -0.847. The fourth-order valence-corrected chi connectivity index (χ4v) is 2.79. The van der Waals surface area contributed by atoms with Crippen molar-refractivity contribution in [3.05, 3.63) is 36.0 Å². The molecular weight excluding hydrogens is 329 g/mol. The summed E-state index contributed by atoms with van der Waals surface area (Å²) in [4.78, 5) is 25.1. The summed E-state index contributed by atoms with van der Waals surface area (Å²) in [5.74, 6) is -1.28. The number of benzene rings is 1. The number of hydrogen-bond acceptors (Lipinski definition) is 6. The van der Waals surface area contributed by atoms with Crippen molar-refractivity contribution >= 4 is 11.9 Å². The summed E-state index contributed by atoms with van der Waals surface area (Å²) in [5, 5.41) is 8.04. The average Bonchev–Trinajstić information content (AvgIpc) is 3.12. The molecule has 7 nitrogen and oxygen atoms in total. The molecule has 1 fully saturated rings. The number of piperidine rings is 1. The molecule has 1 unspecified atom stereocenters. The largest absolute Gasteiger partial charge is 0.459 e. The molecule has 1 amide bonds. The standard InChI is InChI=1S/C17H18FN3O4/c1-2-24-17(23)16(22)21-9-3-4-12(10-21)15-20-19-14(25-15)11-5-7-13(18)8-6-11/h5-8,12H,2-4,9-10H2,1H3. The molecule has 0 radical (unpaired) electrons. The molecular formula is C17H18FN3O4. The Morgan fingerprint density at radius 2 is 2.08 bits per heavy atom. The van der Waals surface area contributed by atoms with E-state index in [1.54, 1.807) is 19.1 Å². The first-order valence-electron chi connectivity index (χ1n) is 8.14. The van der Waals surface area contributed by atoms with Gasteiger partial charge in [-0.1, -0.05) is 0 Å². The zero-order valence-electron chi connectivity index (χ0n) is 13.8. The fraction of sp³-hybridized carbons (Fsp3) is 0.412. The monoisotopic (exact) mass is 347 g/mol. The van der Waals surface area contributed by atoms with E-state index in [1.165, 1.54) is 17.0 Å². The maximum Gasteiger partial charge on any atom is 0.397 e. The van der Waals surface area contributed by atoms with Crippen molar-refractivity contribution < 1.29 is 23.1 Å². The molecule has 2 heterocycles. The third-order valence-electron chi connectivity index (χ3n) is 4.04. The van der Waals surface area contributed by atoms with Crippen LogP contribution < -0.4 is 0 Å². The third-order valence-corrected chi connectivity index (χ3v) is 4.04. The second-order valence-corrected chi connectivity index (χ2v) is 5.76. The molecule has 132 valence electrons. The quantitative estimate of drug-likeness (QED) is 0.625. The van der Waals surface area contributed by atoms with Crippen molar-refractivity contribution in [1.82, 2.24) is 15.1 Å². The molecule has 0 spiro atoms. The highest BCUT2D eigenvalue weighted by molar-refractivity contribution is 6.32. The van der Waals surface area contributed by atoms with E-state index in [2.05, 4.69) is 10.2 Å². The second-order valence-electron chi connectivity index (χ2n) is 5.76. The van der Waals surface area contributed by atoms with Crippen LogP contribution in [0.25, 0.3) is 11.5 Å². The van der Waals surface area contributed by atoms with E-state index in [9.17, 15) is 14.0 Å². The predicted octanol–water partition coefficient (Wildman–Crippen LogP) is 2.14. The van der Waals surface area contributed by atoms with Crippen molar-refractivity contribution in [2.75, 3.05) is 19.7 Å². The minimum absolute atomic E-state index is 0.145. The number of rotatable bonds is 3. The van der Waals surface area contributed by atoms with Gasteiger partial charge < -0.3 is 14.1 Å². The van der Waals surface area contributed by atoms with Gasteiger partial charge in [-0.05, 0) is 44.0 Å². The molecule has 1 aliphatic heterocycles. The Hall–Kier alpha value is -2.77. The van der Waals surface area contributed by atoms with Gasteiger partial charge in [0.1, 0.15) is 5.82 Å². The van der Waals surface area contributed by atoms with Crippen LogP contribution in [0.1, 0.15) is 31.6 Å². The summed E-state index contributed by atoms with van der Waals surface area (Å²) < 4.78 is 23.4. The Morgan fingerprint density at radius 1 is 1.32 bits per heavy atom. The summed E-state index contributed by atoms with van der Waals surface area (Å²) in [5.41, 5.74) is 0.621. The number of nitrogens with zero attached hydrogens (tertiary/aromatic N) is 3. The van der Waals surface area contributed by atoms with Crippen LogP contribution in [-0.2, 0) is 14.3 Å². The van der Waals surface area contributed by atoms with Gasteiger partial charge in [-0.15, -0.1) is 10.2 Å². The molecule has 1 aliphatic rings. The minimum Gasteiger partial charge on any atom is -0.459 e. The molecule has 2 aromatic rings. The SMILES string of the molecule is CCOC(=O)C(=O)N1CCCC(c2nnc(-c3ccc(F)cc3)o2)C1. The highest BCUT2D eigenvalue weighted by Gasteiger charge is 2.31. The number of halogens is 1.